The van der Waals surface area contributed by atoms with E-state index < -0.39 is 47.5 Å². The summed E-state index contributed by atoms with van der Waals surface area (Å²) in [5.41, 5.74) is 0.326. The normalized spacial score (nSPS) is 11.6. The summed E-state index contributed by atoms with van der Waals surface area (Å²) >= 11 is 0. The van der Waals surface area contributed by atoms with Gasteiger partial charge in [-0.3, -0.25) is 9.63 Å². The zero-order valence-corrected chi connectivity index (χ0v) is 15.2. The lowest BCUT2D eigenvalue weighted by atomic mass is 9.97. The molecule has 28 heavy (non-hydrogen) atoms. The van der Waals surface area contributed by atoms with Gasteiger partial charge in [-0.15, -0.1) is 0 Å². The summed E-state index contributed by atoms with van der Waals surface area (Å²) in [4.78, 5) is 29.1. The standard InChI is InChI=1S/C19H19F3N2O4/c1-24(27-2)18(25)14(13-8-16(21)17(22)9-15(13)20)10-23-19(26)28-11-12-6-4-3-5-7-12/h3-9,14H,10-11H2,1-2H3,(H,23,26). The van der Waals surface area contributed by atoms with Gasteiger partial charge < -0.3 is 10.1 Å². The van der Waals surface area contributed by atoms with E-state index in [4.69, 9.17) is 9.57 Å². The number of hydroxylamine groups is 2. The van der Waals surface area contributed by atoms with Crippen LogP contribution in [0.15, 0.2) is 42.5 Å². The maximum Gasteiger partial charge on any atom is 0.407 e. The second-order valence-electron chi connectivity index (χ2n) is 5.80. The van der Waals surface area contributed by atoms with E-state index in [0.29, 0.717) is 12.1 Å². The molecule has 0 radical (unpaired) electrons. The third-order valence-electron chi connectivity index (χ3n) is 3.96. The van der Waals surface area contributed by atoms with Crippen molar-refractivity contribution >= 4 is 12.0 Å². The van der Waals surface area contributed by atoms with Crippen molar-refractivity contribution in [1.82, 2.24) is 10.4 Å². The molecule has 0 saturated heterocycles. The van der Waals surface area contributed by atoms with Gasteiger partial charge in [0.2, 0.25) is 0 Å². The minimum atomic E-state index is -1.39. The predicted molar refractivity (Wildman–Crippen MR) is 93.5 cm³/mol. The SMILES string of the molecule is CON(C)C(=O)C(CNC(=O)OCc1ccccc1)c1cc(F)c(F)cc1F. The Balaban J connectivity index is 2.11. The number of benzene rings is 2. The first kappa shape index (κ1) is 21.2. The molecule has 0 aromatic heterocycles. The predicted octanol–water partition coefficient (Wildman–Crippen LogP) is 3.13. The molecule has 0 aliphatic carbocycles. The van der Waals surface area contributed by atoms with Gasteiger partial charge in [0, 0.05) is 25.2 Å². The summed E-state index contributed by atoms with van der Waals surface area (Å²) in [6.07, 6.45) is -0.857. The van der Waals surface area contributed by atoms with Crippen molar-refractivity contribution < 1.29 is 32.3 Å². The fourth-order valence-corrected chi connectivity index (χ4v) is 2.40. The number of amides is 2. The molecule has 0 fully saturated rings. The molecule has 6 nitrogen and oxygen atoms in total. The fraction of sp³-hybridized carbons (Fsp3) is 0.263. The monoisotopic (exact) mass is 396 g/mol. The average molecular weight is 396 g/mol. The Labute approximate surface area is 159 Å². The fourth-order valence-electron chi connectivity index (χ4n) is 2.40. The van der Waals surface area contributed by atoms with Crippen LogP contribution in [0, 0.1) is 17.5 Å². The van der Waals surface area contributed by atoms with Crippen LogP contribution in [0.3, 0.4) is 0 Å². The van der Waals surface area contributed by atoms with Crippen LogP contribution in [0.4, 0.5) is 18.0 Å². The number of nitrogens with zero attached hydrogens (tertiary/aromatic N) is 1. The number of rotatable bonds is 7. The molecule has 2 rings (SSSR count). The number of hydrogen-bond donors (Lipinski definition) is 1. The Morgan fingerprint density at radius 1 is 1.07 bits per heavy atom. The van der Waals surface area contributed by atoms with Crippen LogP contribution in [0.1, 0.15) is 17.0 Å². The zero-order valence-electron chi connectivity index (χ0n) is 15.2. The lowest BCUT2D eigenvalue weighted by Crippen LogP contribution is -2.38. The zero-order chi connectivity index (χ0) is 20.7. The molecule has 0 aliphatic rings. The van der Waals surface area contributed by atoms with Gasteiger partial charge in [-0.1, -0.05) is 30.3 Å². The number of likely N-dealkylation sites (N-methyl/N-ethyl adjacent to an activating group) is 1. The molecule has 2 aromatic rings. The topological polar surface area (TPSA) is 67.9 Å². The first-order valence-electron chi connectivity index (χ1n) is 8.24. The van der Waals surface area contributed by atoms with Crippen molar-refractivity contribution in [2.45, 2.75) is 12.5 Å². The van der Waals surface area contributed by atoms with Crippen LogP contribution < -0.4 is 5.32 Å². The van der Waals surface area contributed by atoms with Crippen LogP contribution in [0.25, 0.3) is 0 Å². The molecule has 9 heteroatoms. The number of ether oxygens (including phenoxy) is 1. The van der Waals surface area contributed by atoms with Crippen LogP contribution in [-0.2, 0) is 21.0 Å². The molecule has 2 amide bonds. The summed E-state index contributed by atoms with van der Waals surface area (Å²) in [6, 6.07) is 9.78. The van der Waals surface area contributed by atoms with Crippen molar-refractivity contribution in [3.8, 4) is 0 Å². The molecule has 150 valence electrons. The van der Waals surface area contributed by atoms with Gasteiger partial charge in [0.25, 0.3) is 5.91 Å². The average Bonchev–Trinajstić information content (AvgIpc) is 2.70. The third kappa shape index (κ3) is 5.46. The van der Waals surface area contributed by atoms with Crippen molar-refractivity contribution in [2.24, 2.45) is 0 Å². The maximum absolute atomic E-state index is 14.1. The van der Waals surface area contributed by atoms with E-state index in [9.17, 15) is 22.8 Å². The summed E-state index contributed by atoms with van der Waals surface area (Å²) in [5, 5.41) is 3.12. The summed E-state index contributed by atoms with van der Waals surface area (Å²) in [6.45, 7) is -0.426. The number of carbonyl (C=O) groups excluding carboxylic acids is 2. The molecule has 0 spiro atoms. The molecule has 0 heterocycles. The molecule has 2 aromatic carbocycles. The summed E-state index contributed by atoms with van der Waals surface area (Å²) in [7, 11) is 2.47. The van der Waals surface area contributed by atoms with E-state index >= 15 is 0 Å². The largest absolute Gasteiger partial charge is 0.445 e. The van der Waals surface area contributed by atoms with Crippen molar-refractivity contribution in [1.29, 1.82) is 0 Å². The van der Waals surface area contributed by atoms with E-state index in [0.717, 1.165) is 10.6 Å². The highest BCUT2D eigenvalue weighted by atomic mass is 19.2. The van der Waals surface area contributed by atoms with Crippen molar-refractivity contribution in [3.63, 3.8) is 0 Å². The summed E-state index contributed by atoms with van der Waals surface area (Å²) in [5.74, 6) is -5.95. The Kier molecular flexibility index (Phi) is 7.39. The molecule has 1 atom stereocenters. The lowest BCUT2D eigenvalue weighted by Gasteiger charge is -2.23. The van der Waals surface area contributed by atoms with Gasteiger partial charge in [0.15, 0.2) is 11.6 Å². The first-order valence-corrected chi connectivity index (χ1v) is 8.24. The maximum atomic E-state index is 14.1. The van der Waals surface area contributed by atoms with Crippen LogP contribution in [0.5, 0.6) is 0 Å². The third-order valence-corrected chi connectivity index (χ3v) is 3.96. The molecular formula is C19H19F3N2O4. The van der Waals surface area contributed by atoms with E-state index in [1.54, 1.807) is 24.3 Å². The number of nitrogens with one attached hydrogen (secondary N) is 1. The minimum absolute atomic E-state index is 0.0111. The number of hydrogen-bond acceptors (Lipinski definition) is 4. The van der Waals surface area contributed by atoms with Gasteiger partial charge in [0.1, 0.15) is 12.4 Å². The second kappa shape index (κ2) is 9.75. The highest BCUT2D eigenvalue weighted by Crippen LogP contribution is 2.24. The smallest absolute Gasteiger partial charge is 0.407 e. The first-order chi connectivity index (χ1) is 13.3. The van der Waals surface area contributed by atoms with Gasteiger partial charge in [-0.2, -0.15) is 0 Å². The van der Waals surface area contributed by atoms with E-state index in [1.807, 2.05) is 6.07 Å². The Bertz CT molecular complexity index is 833. The molecule has 1 unspecified atom stereocenters. The van der Waals surface area contributed by atoms with E-state index in [2.05, 4.69) is 5.32 Å². The highest BCUT2D eigenvalue weighted by Gasteiger charge is 2.29. The van der Waals surface area contributed by atoms with Crippen molar-refractivity contribution in [2.75, 3.05) is 20.7 Å². The van der Waals surface area contributed by atoms with Gasteiger partial charge in [-0.25, -0.2) is 23.0 Å². The minimum Gasteiger partial charge on any atom is -0.445 e. The van der Waals surface area contributed by atoms with E-state index in [-0.39, 0.29) is 6.61 Å². The highest BCUT2D eigenvalue weighted by molar-refractivity contribution is 5.83. The lowest BCUT2D eigenvalue weighted by molar-refractivity contribution is -0.170. The van der Waals surface area contributed by atoms with Gasteiger partial charge >= 0.3 is 6.09 Å². The number of halogens is 3. The Morgan fingerprint density at radius 2 is 1.71 bits per heavy atom. The molecule has 1 N–H and O–H groups in total. The van der Waals surface area contributed by atoms with Crippen molar-refractivity contribution in [3.05, 3.63) is 71.0 Å². The van der Waals surface area contributed by atoms with Crippen LogP contribution in [-0.4, -0.2) is 37.8 Å². The number of alkyl carbamates (subject to hydrolysis) is 1. The van der Waals surface area contributed by atoms with Crippen LogP contribution >= 0.6 is 0 Å². The van der Waals surface area contributed by atoms with Gasteiger partial charge in [0.05, 0.1) is 13.0 Å². The molecule has 0 bridgehead atoms. The second-order valence-corrected chi connectivity index (χ2v) is 5.80. The van der Waals surface area contributed by atoms with Gasteiger partial charge in [-0.05, 0) is 11.6 Å². The molecular weight excluding hydrogens is 377 g/mol. The molecule has 0 saturated carbocycles. The quantitative estimate of drug-likeness (QED) is 0.577. The Hall–Kier alpha value is -3.07. The van der Waals surface area contributed by atoms with E-state index in [1.165, 1.54) is 14.2 Å². The van der Waals surface area contributed by atoms with Crippen LogP contribution in [0.2, 0.25) is 0 Å². The number of carbonyl (C=O) groups is 2. The summed E-state index contributed by atoms with van der Waals surface area (Å²) < 4.78 is 45.9. The molecule has 0 aliphatic heterocycles. The Morgan fingerprint density at radius 3 is 2.36 bits per heavy atom.